The molecule has 1 atom stereocenters. The van der Waals surface area contributed by atoms with Crippen molar-refractivity contribution in [1.29, 1.82) is 5.26 Å². The number of rotatable bonds is 3. The number of nitrogens with zero attached hydrogens (tertiary/aromatic N) is 1. The summed E-state index contributed by atoms with van der Waals surface area (Å²) in [6.45, 7) is 2.07. The van der Waals surface area contributed by atoms with Crippen LogP contribution in [0.2, 0.25) is 0 Å². The van der Waals surface area contributed by atoms with E-state index in [-0.39, 0.29) is 11.9 Å². The van der Waals surface area contributed by atoms with Gasteiger partial charge in [0.2, 0.25) is 5.91 Å². The van der Waals surface area contributed by atoms with Gasteiger partial charge in [-0.05, 0) is 48.4 Å². The fourth-order valence-corrected chi connectivity index (χ4v) is 2.50. The molecule has 4 heteroatoms. The van der Waals surface area contributed by atoms with E-state index < -0.39 is 0 Å². The van der Waals surface area contributed by atoms with E-state index in [1.54, 1.807) is 0 Å². The molecule has 1 amide bonds. The SMILES string of the molecule is CC(Nc1ccc2c(c1)CC(=O)N2)c1ccc(C#N)cc1. The third-order valence-corrected chi connectivity index (χ3v) is 3.65. The molecule has 21 heavy (non-hydrogen) atoms. The highest BCUT2D eigenvalue weighted by molar-refractivity contribution is 5.99. The number of amides is 1. The van der Waals surface area contributed by atoms with E-state index in [0.717, 1.165) is 22.5 Å². The van der Waals surface area contributed by atoms with Crippen molar-refractivity contribution in [2.24, 2.45) is 0 Å². The van der Waals surface area contributed by atoms with E-state index >= 15 is 0 Å². The molecule has 2 N–H and O–H groups in total. The number of benzene rings is 2. The molecular weight excluding hydrogens is 262 g/mol. The third-order valence-electron chi connectivity index (χ3n) is 3.65. The molecule has 2 aromatic rings. The number of carbonyl (C=O) groups excluding carboxylic acids is 1. The summed E-state index contributed by atoms with van der Waals surface area (Å²) in [7, 11) is 0. The minimum absolute atomic E-state index is 0.0438. The predicted molar refractivity (Wildman–Crippen MR) is 82.0 cm³/mol. The average molecular weight is 277 g/mol. The molecule has 1 heterocycles. The Morgan fingerprint density at radius 1 is 1.24 bits per heavy atom. The van der Waals surface area contributed by atoms with Crippen LogP contribution in [0.15, 0.2) is 42.5 Å². The maximum absolute atomic E-state index is 11.4. The molecule has 0 fully saturated rings. The molecule has 0 aromatic heterocycles. The first-order valence-electron chi connectivity index (χ1n) is 6.85. The first-order chi connectivity index (χ1) is 10.2. The van der Waals surface area contributed by atoms with Crippen molar-refractivity contribution < 1.29 is 4.79 Å². The molecule has 1 aliphatic heterocycles. The highest BCUT2D eigenvalue weighted by atomic mass is 16.1. The lowest BCUT2D eigenvalue weighted by Crippen LogP contribution is -2.06. The van der Waals surface area contributed by atoms with Gasteiger partial charge in [-0.2, -0.15) is 5.26 Å². The number of nitrogens with one attached hydrogen (secondary N) is 2. The molecule has 0 aliphatic carbocycles. The Balaban J connectivity index is 1.75. The van der Waals surface area contributed by atoms with Gasteiger partial charge in [0.1, 0.15) is 0 Å². The summed E-state index contributed by atoms with van der Waals surface area (Å²) in [5.74, 6) is 0.0438. The summed E-state index contributed by atoms with van der Waals surface area (Å²) < 4.78 is 0. The standard InChI is InChI=1S/C17H15N3O/c1-11(13-4-2-12(10-18)3-5-13)19-15-6-7-16-14(8-15)9-17(21)20-16/h2-8,11,19H,9H2,1H3,(H,20,21). The van der Waals surface area contributed by atoms with Crippen LogP contribution in [0.4, 0.5) is 11.4 Å². The summed E-state index contributed by atoms with van der Waals surface area (Å²) >= 11 is 0. The number of anilines is 2. The smallest absolute Gasteiger partial charge is 0.228 e. The van der Waals surface area contributed by atoms with Crippen molar-refractivity contribution in [1.82, 2.24) is 0 Å². The first kappa shape index (κ1) is 13.2. The van der Waals surface area contributed by atoms with E-state index in [2.05, 4.69) is 23.6 Å². The molecule has 0 spiro atoms. The monoisotopic (exact) mass is 277 g/mol. The van der Waals surface area contributed by atoms with Gasteiger partial charge in [-0.1, -0.05) is 12.1 Å². The van der Waals surface area contributed by atoms with Crippen molar-refractivity contribution in [2.75, 3.05) is 10.6 Å². The topological polar surface area (TPSA) is 64.9 Å². The Labute approximate surface area is 123 Å². The van der Waals surface area contributed by atoms with Crippen LogP contribution in [-0.4, -0.2) is 5.91 Å². The Morgan fingerprint density at radius 2 is 2.00 bits per heavy atom. The van der Waals surface area contributed by atoms with E-state index in [0.29, 0.717) is 12.0 Å². The fourth-order valence-electron chi connectivity index (χ4n) is 2.50. The Kier molecular flexibility index (Phi) is 3.33. The van der Waals surface area contributed by atoms with Crippen molar-refractivity contribution in [3.63, 3.8) is 0 Å². The van der Waals surface area contributed by atoms with Crippen molar-refractivity contribution in [3.05, 3.63) is 59.2 Å². The summed E-state index contributed by atoms with van der Waals surface area (Å²) in [6.07, 6.45) is 0.441. The molecule has 2 aromatic carbocycles. The van der Waals surface area contributed by atoms with Crippen LogP contribution in [0.3, 0.4) is 0 Å². The number of hydrogen-bond acceptors (Lipinski definition) is 3. The summed E-state index contributed by atoms with van der Waals surface area (Å²) in [5.41, 5.74) is 4.69. The zero-order chi connectivity index (χ0) is 14.8. The molecule has 0 bridgehead atoms. The van der Waals surface area contributed by atoms with E-state index in [9.17, 15) is 4.79 Å². The van der Waals surface area contributed by atoms with Crippen LogP contribution in [0.1, 0.15) is 29.7 Å². The van der Waals surface area contributed by atoms with E-state index in [1.165, 1.54) is 0 Å². The van der Waals surface area contributed by atoms with Gasteiger partial charge in [0.25, 0.3) is 0 Å². The van der Waals surface area contributed by atoms with Crippen LogP contribution in [0, 0.1) is 11.3 Å². The zero-order valence-corrected chi connectivity index (χ0v) is 11.7. The molecular formula is C17H15N3O. The lowest BCUT2D eigenvalue weighted by Gasteiger charge is -2.16. The van der Waals surface area contributed by atoms with Gasteiger partial charge >= 0.3 is 0 Å². The number of hydrogen-bond donors (Lipinski definition) is 2. The Hall–Kier alpha value is -2.80. The normalized spacial score (nSPS) is 14.0. The maximum atomic E-state index is 11.4. The predicted octanol–water partition coefficient (Wildman–Crippen LogP) is 3.23. The zero-order valence-electron chi connectivity index (χ0n) is 11.7. The summed E-state index contributed by atoms with van der Waals surface area (Å²) in [4.78, 5) is 11.4. The molecule has 1 unspecified atom stereocenters. The maximum Gasteiger partial charge on any atom is 0.228 e. The number of fused-ring (bicyclic) bond motifs is 1. The summed E-state index contributed by atoms with van der Waals surface area (Å²) in [6, 6.07) is 15.7. The van der Waals surface area contributed by atoms with Crippen LogP contribution in [0.25, 0.3) is 0 Å². The van der Waals surface area contributed by atoms with Gasteiger partial charge in [-0.25, -0.2) is 0 Å². The van der Waals surface area contributed by atoms with Gasteiger partial charge in [0.05, 0.1) is 18.1 Å². The van der Waals surface area contributed by atoms with Gasteiger partial charge in [-0.3, -0.25) is 4.79 Å². The lowest BCUT2D eigenvalue weighted by atomic mass is 10.1. The van der Waals surface area contributed by atoms with Crippen LogP contribution in [0.5, 0.6) is 0 Å². The molecule has 1 aliphatic rings. The van der Waals surface area contributed by atoms with Gasteiger partial charge in [0.15, 0.2) is 0 Å². The van der Waals surface area contributed by atoms with Crippen molar-refractivity contribution >= 4 is 17.3 Å². The Morgan fingerprint density at radius 3 is 2.71 bits per heavy atom. The Bertz CT molecular complexity index is 729. The van der Waals surface area contributed by atoms with E-state index in [1.807, 2.05) is 42.5 Å². The molecule has 3 rings (SSSR count). The highest BCUT2D eigenvalue weighted by Gasteiger charge is 2.17. The second-order valence-electron chi connectivity index (χ2n) is 5.20. The van der Waals surface area contributed by atoms with Gasteiger partial charge in [0, 0.05) is 17.4 Å². The molecule has 104 valence electrons. The van der Waals surface area contributed by atoms with Crippen LogP contribution >= 0.6 is 0 Å². The number of carbonyl (C=O) groups is 1. The van der Waals surface area contributed by atoms with Gasteiger partial charge in [-0.15, -0.1) is 0 Å². The largest absolute Gasteiger partial charge is 0.379 e. The first-order valence-corrected chi connectivity index (χ1v) is 6.85. The quantitative estimate of drug-likeness (QED) is 0.905. The minimum Gasteiger partial charge on any atom is -0.379 e. The van der Waals surface area contributed by atoms with Crippen molar-refractivity contribution in [3.8, 4) is 6.07 Å². The summed E-state index contributed by atoms with van der Waals surface area (Å²) in [5, 5.41) is 15.1. The second kappa shape index (κ2) is 5.29. The fraction of sp³-hybridized carbons (Fsp3) is 0.176. The molecule has 0 saturated heterocycles. The highest BCUT2D eigenvalue weighted by Crippen LogP contribution is 2.28. The minimum atomic E-state index is 0.0438. The lowest BCUT2D eigenvalue weighted by molar-refractivity contribution is -0.115. The average Bonchev–Trinajstić information content (AvgIpc) is 2.86. The second-order valence-corrected chi connectivity index (χ2v) is 5.20. The molecule has 4 nitrogen and oxygen atoms in total. The molecule has 0 radical (unpaired) electrons. The third kappa shape index (κ3) is 2.72. The van der Waals surface area contributed by atoms with Crippen LogP contribution < -0.4 is 10.6 Å². The molecule has 0 saturated carbocycles. The van der Waals surface area contributed by atoms with Crippen molar-refractivity contribution in [2.45, 2.75) is 19.4 Å². The van der Waals surface area contributed by atoms with Crippen LogP contribution in [-0.2, 0) is 11.2 Å². The number of nitriles is 1. The van der Waals surface area contributed by atoms with Gasteiger partial charge < -0.3 is 10.6 Å². The van der Waals surface area contributed by atoms with E-state index in [4.69, 9.17) is 5.26 Å².